The highest BCUT2D eigenvalue weighted by atomic mass is 32.1. The highest BCUT2D eigenvalue weighted by molar-refractivity contribution is 7.10. The molecule has 130 valence electrons. The van der Waals surface area contributed by atoms with E-state index < -0.39 is 0 Å². The van der Waals surface area contributed by atoms with Gasteiger partial charge in [-0.25, -0.2) is 0 Å². The Hall–Kier alpha value is -2.67. The molecular formula is C18H19N3O3S. The number of hydrogen-bond donors (Lipinski definition) is 0. The Kier molecular flexibility index (Phi) is 5.14. The molecule has 1 amide bonds. The first-order valence-corrected chi connectivity index (χ1v) is 8.72. The van der Waals surface area contributed by atoms with Crippen LogP contribution in [0.5, 0.6) is 5.75 Å². The summed E-state index contributed by atoms with van der Waals surface area (Å²) in [4.78, 5) is 19.8. The van der Waals surface area contributed by atoms with Crippen LogP contribution in [0.25, 0.3) is 0 Å². The first-order valence-electron chi connectivity index (χ1n) is 7.84. The molecule has 0 N–H and O–H groups in total. The standard InChI is InChI=1S/C18H19N3O3S/c1-12-8-9-25-16(12)10-21(3)18(22)14-6-4-5-7-15(14)23-11-17-19-13(2)24-20-17/h4-9H,10-11H2,1-3H3. The van der Waals surface area contributed by atoms with Gasteiger partial charge in [0.15, 0.2) is 6.61 Å². The van der Waals surface area contributed by atoms with E-state index in [1.54, 1.807) is 42.3 Å². The van der Waals surface area contributed by atoms with Crippen molar-refractivity contribution in [3.8, 4) is 5.75 Å². The van der Waals surface area contributed by atoms with Crippen LogP contribution in [0.4, 0.5) is 0 Å². The van der Waals surface area contributed by atoms with Crippen molar-refractivity contribution in [1.82, 2.24) is 15.0 Å². The third-order valence-electron chi connectivity index (χ3n) is 3.74. The summed E-state index contributed by atoms with van der Waals surface area (Å²) in [6.07, 6.45) is 0. The van der Waals surface area contributed by atoms with E-state index in [1.807, 2.05) is 24.4 Å². The topological polar surface area (TPSA) is 68.5 Å². The molecule has 7 heteroatoms. The summed E-state index contributed by atoms with van der Waals surface area (Å²) in [5.41, 5.74) is 1.71. The van der Waals surface area contributed by atoms with Gasteiger partial charge in [-0.05, 0) is 36.1 Å². The maximum atomic E-state index is 12.8. The van der Waals surface area contributed by atoms with Crippen LogP contribution < -0.4 is 4.74 Å². The molecule has 0 aliphatic rings. The molecule has 6 nitrogen and oxygen atoms in total. The average molecular weight is 357 g/mol. The van der Waals surface area contributed by atoms with Crippen molar-refractivity contribution in [2.24, 2.45) is 0 Å². The highest BCUT2D eigenvalue weighted by Crippen LogP contribution is 2.23. The van der Waals surface area contributed by atoms with Gasteiger partial charge >= 0.3 is 0 Å². The molecule has 0 aliphatic carbocycles. The summed E-state index contributed by atoms with van der Waals surface area (Å²) in [5.74, 6) is 1.34. The zero-order chi connectivity index (χ0) is 17.8. The fraction of sp³-hybridized carbons (Fsp3) is 0.278. The molecule has 3 rings (SSSR count). The van der Waals surface area contributed by atoms with Gasteiger partial charge in [0, 0.05) is 18.8 Å². The quantitative estimate of drug-likeness (QED) is 0.674. The van der Waals surface area contributed by atoms with Crippen molar-refractivity contribution >= 4 is 17.2 Å². The molecule has 0 saturated heterocycles. The lowest BCUT2D eigenvalue weighted by molar-refractivity contribution is 0.0781. The predicted molar refractivity (Wildman–Crippen MR) is 94.7 cm³/mol. The van der Waals surface area contributed by atoms with Crippen LogP contribution in [0, 0.1) is 13.8 Å². The van der Waals surface area contributed by atoms with E-state index in [-0.39, 0.29) is 12.5 Å². The van der Waals surface area contributed by atoms with Crippen LogP contribution >= 0.6 is 11.3 Å². The summed E-state index contributed by atoms with van der Waals surface area (Å²) in [5, 5.41) is 5.83. The summed E-state index contributed by atoms with van der Waals surface area (Å²) >= 11 is 1.65. The molecule has 0 spiro atoms. The van der Waals surface area contributed by atoms with E-state index in [9.17, 15) is 4.79 Å². The molecule has 0 saturated carbocycles. The van der Waals surface area contributed by atoms with Crippen molar-refractivity contribution in [2.75, 3.05) is 7.05 Å². The lowest BCUT2D eigenvalue weighted by Crippen LogP contribution is -2.26. The Morgan fingerprint density at radius 3 is 2.76 bits per heavy atom. The van der Waals surface area contributed by atoms with Crippen LogP contribution in [0.1, 0.15) is 32.5 Å². The van der Waals surface area contributed by atoms with Crippen LogP contribution in [-0.4, -0.2) is 28.0 Å². The van der Waals surface area contributed by atoms with Crippen molar-refractivity contribution in [3.05, 3.63) is 63.4 Å². The number of hydrogen-bond acceptors (Lipinski definition) is 6. The highest BCUT2D eigenvalue weighted by Gasteiger charge is 2.18. The number of ether oxygens (including phenoxy) is 1. The molecule has 0 atom stereocenters. The van der Waals surface area contributed by atoms with Gasteiger partial charge in [0.05, 0.1) is 12.1 Å². The fourth-order valence-electron chi connectivity index (χ4n) is 2.37. The number of thiophene rings is 1. The van der Waals surface area contributed by atoms with Gasteiger partial charge in [-0.2, -0.15) is 4.98 Å². The lowest BCUT2D eigenvalue weighted by Gasteiger charge is -2.18. The number of carbonyl (C=O) groups is 1. The SMILES string of the molecule is Cc1nc(COc2ccccc2C(=O)N(C)Cc2sccc2C)no1. The number of aromatic nitrogens is 2. The van der Waals surface area contributed by atoms with Crippen LogP contribution in [0.3, 0.4) is 0 Å². The Bertz CT molecular complexity index is 872. The maximum absolute atomic E-state index is 12.8. The number of benzene rings is 1. The Labute approximate surface area is 150 Å². The second kappa shape index (κ2) is 7.48. The van der Waals surface area contributed by atoms with Crippen LogP contribution in [0.15, 0.2) is 40.2 Å². The zero-order valence-corrected chi connectivity index (χ0v) is 15.2. The number of amides is 1. The smallest absolute Gasteiger partial charge is 0.257 e. The van der Waals surface area contributed by atoms with Gasteiger partial charge in [0.1, 0.15) is 5.75 Å². The number of carbonyl (C=O) groups excluding carboxylic acids is 1. The Balaban J connectivity index is 1.72. The average Bonchev–Trinajstić information content (AvgIpc) is 3.21. The van der Waals surface area contributed by atoms with E-state index in [0.717, 1.165) is 0 Å². The Morgan fingerprint density at radius 1 is 1.28 bits per heavy atom. The molecular weight excluding hydrogens is 338 g/mol. The van der Waals surface area contributed by atoms with E-state index >= 15 is 0 Å². The zero-order valence-electron chi connectivity index (χ0n) is 14.4. The number of rotatable bonds is 6. The van der Waals surface area contributed by atoms with Gasteiger partial charge in [0.2, 0.25) is 11.7 Å². The van der Waals surface area contributed by atoms with E-state index in [2.05, 4.69) is 16.2 Å². The minimum atomic E-state index is -0.0901. The summed E-state index contributed by atoms with van der Waals surface area (Å²) in [6, 6.07) is 9.24. The molecule has 0 fully saturated rings. The minimum Gasteiger partial charge on any atom is -0.485 e. The third kappa shape index (κ3) is 4.06. The first kappa shape index (κ1) is 17.2. The van der Waals surface area contributed by atoms with Gasteiger partial charge in [-0.3, -0.25) is 4.79 Å². The molecule has 0 unspecified atom stereocenters. The summed E-state index contributed by atoms with van der Waals surface area (Å²) in [7, 11) is 1.79. The van der Waals surface area contributed by atoms with Gasteiger partial charge in [-0.1, -0.05) is 17.3 Å². The van der Waals surface area contributed by atoms with E-state index in [1.165, 1.54) is 10.4 Å². The van der Waals surface area contributed by atoms with Crippen molar-refractivity contribution in [2.45, 2.75) is 27.0 Å². The molecule has 0 bridgehead atoms. The maximum Gasteiger partial charge on any atom is 0.257 e. The molecule has 2 aromatic heterocycles. The normalized spacial score (nSPS) is 10.7. The van der Waals surface area contributed by atoms with Gasteiger partial charge in [-0.15, -0.1) is 11.3 Å². The van der Waals surface area contributed by atoms with E-state index in [4.69, 9.17) is 9.26 Å². The number of aryl methyl sites for hydroxylation is 2. The fourth-order valence-corrected chi connectivity index (χ4v) is 3.33. The van der Waals surface area contributed by atoms with Crippen LogP contribution in [0.2, 0.25) is 0 Å². The second-order valence-corrected chi connectivity index (χ2v) is 6.70. The summed E-state index contributed by atoms with van der Waals surface area (Å²) in [6.45, 7) is 4.49. The van der Waals surface area contributed by atoms with Gasteiger partial charge in [0.25, 0.3) is 5.91 Å². The molecule has 0 aliphatic heterocycles. The number of nitrogens with zero attached hydrogens (tertiary/aromatic N) is 3. The Morgan fingerprint density at radius 2 is 2.08 bits per heavy atom. The van der Waals surface area contributed by atoms with Gasteiger partial charge < -0.3 is 14.2 Å². The third-order valence-corrected chi connectivity index (χ3v) is 4.75. The first-order chi connectivity index (χ1) is 12.0. The number of para-hydroxylation sites is 1. The molecule has 3 aromatic rings. The van der Waals surface area contributed by atoms with Crippen LogP contribution in [-0.2, 0) is 13.2 Å². The lowest BCUT2D eigenvalue weighted by atomic mass is 10.1. The molecule has 25 heavy (non-hydrogen) atoms. The van der Waals surface area contributed by atoms with E-state index in [0.29, 0.717) is 29.6 Å². The van der Waals surface area contributed by atoms with Crippen molar-refractivity contribution in [1.29, 1.82) is 0 Å². The van der Waals surface area contributed by atoms with Crippen molar-refractivity contribution in [3.63, 3.8) is 0 Å². The molecule has 1 aromatic carbocycles. The predicted octanol–water partition coefficient (Wildman–Crippen LogP) is 3.60. The largest absolute Gasteiger partial charge is 0.485 e. The molecule has 0 radical (unpaired) electrons. The monoisotopic (exact) mass is 357 g/mol. The van der Waals surface area contributed by atoms with Crippen molar-refractivity contribution < 1.29 is 14.1 Å². The molecule has 2 heterocycles. The second-order valence-electron chi connectivity index (χ2n) is 5.70. The minimum absolute atomic E-state index is 0.0901. The summed E-state index contributed by atoms with van der Waals surface area (Å²) < 4.78 is 10.7.